The smallest absolute Gasteiger partial charge is 0.172 e. The summed E-state index contributed by atoms with van der Waals surface area (Å²) in [4.78, 5) is 4.48. The number of fused-ring (bicyclic) bond motifs is 1. The van der Waals surface area contributed by atoms with Crippen LogP contribution in [0.3, 0.4) is 0 Å². The van der Waals surface area contributed by atoms with Crippen LogP contribution in [-0.2, 0) is 0 Å². The first-order valence-electron chi connectivity index (χ1n) is 7.10. The number of hydrogen-bond acceptors (Lipinski definition) is 4. The van der Waals surface area contributed by atoms with Gasteiger partial charge < -0.3 is 10.3 Å². The van der Waals surface area contributed by atoms with Crippen LogP contribution >= 0.6 is 11.6 Å². The summed E-state index contributed by atoms with van der Waals surface area (Å²) >= 11 is 6.46. The molecule has 0 amide bonds. The highest BCUT2D eigenvalue weighted by Gasteiger charge is 2.20. The zero-order valence-electron chi connectivity index (χ0n) is 12.0. The minimum Gasteiger partial charge on any atom is -0.381 e. The third-order valence-corrected chi connectivity index (χ3v) is 3.96. The van der Waals surface area contributed by atoms with Gasteiger partial charge >= 0.3 is 0 Å². The van der Waals surface area contributed by atoms with Gasteiger partial charge in [-0.05, 0) is 11.6 Å². The highest BCUT2D eigenvalue weighted by atomic mass is 35.5. The summed E-state index contributed by atoms with van der Waals surface area (Å²) in [6.07, 6.45) is 0. The number of nitrogens with two attached hydrogens (primary N) is 1. The number of anilines is 1. The summed E-state index contributed by atoms with van der Waals surface area (Å²) in [5.74, 6) is 0.813. The Morgan fingerprint density at radius 3 is 2.39 bits per heavy atom. The molecule has 0 aliphatic heterocycles. The topological polar surface area (TPSA) is 64.9 Å². The molecule has 5 heteroatoms. The van der Waals surface area contributed by atoms with Crippen molar-refractivity contribution in [3.05, 3.63) is 65.8 Å². The summed E-state index contributed by atoms with van der Waals surface area (Å²) in [5.41, 5.74) is 9.20. The second-order valence-corrected chi connectivity index (χ2v) is 5.51. The van der Waals surface area contributed by atoms with Crippen molar-refractivity contribution in [3.8, 4) is 22.5 Å². The van der Waals surface area contributed by atoms with E-state index in [0.29, 0.717) is 22.3 Å². The number of nitrogens with zero attached hydrogens (tertiary/aromatic N) is 2. The lowest BCUT2D eigenvalue weighted by atomic mass is 9.95. The lowest BCUT2D eigenvalue weighted by molar-refractivity contribution is 0.436. The molecule has 0 unspecified atom stereocenters. The van der Waals surface area contributed by atoms with Gasteiger partial charge in [-0.15, -0.1) is 0 Å². The average Bonchev–Trinajstić information content (AvgIpc) is 3.00. The third-order valence-electron chi connectivity index (χ3n) is 3.69. The quantitative estimate of drug-likeness (QED) is 0.539. The molecule has 0 saturated carbocycles. The van der Waals surface area contributed by atoms with Crippen molar-refractivity contribution >= 4 is 28.3 Å². The standard InChI is InChI=1S/C18H12ClN3O/c19-18-17(14-10-15(20)22-23-14)16(11-6-2-1-3-7-11)12-8-4-5-9-13(12)21-18/h1-10H,(H2,20,22). The summed E-state index contributed by atoms with van der Waals surface area (Å²) in [6.45, 7) is 0. The molecule has 0 saturated heterocycles. The van der Waals surface area contributed by atoms with E-state index in [4.69, 9.17) is 21.9 Å². The maximum Gasteiger partial charge on any atom is 0.172 e. The van der Waals surface area contributed by atoms with E-state index in [0.717, 1.165) is 22.0 Å². The largest absolute Gasteiger partial charge is 0.381 e. The van der Waals surface area contributed by atoms with Gasteiger partial charge in [0.2, 0.25) is 0 Å². The molecule has 0 spiro atoms. The van der Waals surface area contributed by atoms with Gasteiger partial charge in [0.15, 0.2) is 11.6 Å². The van der Waals surface area contributed by atoms with Crippen LogP contribution in [0.5, 0.6) is 0 Å². The van der Waals surface area contributed by atoms with Gasteiger partial charge in [0.05, 0.1) is 11.1 Å². The molecule has 4 nitrogen and oxygen atoms in total. The molecule has 0 aliphatic carbocycles. The maximum absolute atomic E-state index is 6.46. The molecule has 2 N–H and O–H groups in total. The summed E-state index contributed by atoms with van der Waals surface area (Å²) < 4.78 is 5.34. The van der Waals surface area contributed by atoms with Crippen molar-refractivity contribution in [1.82, 2.24) is 10.1 Å². The molecule has 0 aliphatic rings. The van der Waals surface area contributed by atoms with Crippen LogP contribution in [0, 0.1) is 0 Å². The lowest BCUT2D eigenvalue weighted by Crippen LogP contribution is -1.92. The Kier molecular flexibility index (Phi) is 3.24. The first-order valence-corrected chi connectivity index (χ1v) is 7.48. The predicted molar refractivity (Wildman–Crippen MR) is 92.1 cm³/mol. The summed E-state index contributed by atoms with van der Waals surface area (Å²) in [6, 6.07) is 19.5. The minimum absolute atomic E-state index is 0.309. The Labute approximate surface area is 137 Å². The van der Waals surface area contributed by atoms with Gasteiger partial charge in [-0.2, -0.15) is 0 Å². The molecule has 0 bridgehead atoms. The molecule has 4 aromatic rings. The maximum atomic E-state index is 6.46. The SMILES string of the molecule is Nc1cc(-c2c(Cl)nc3ccccc3c2-c2ccccc2)on1. The van der Waals surface area contributed by atoms with Crippen LogP contribution in [0.25, 0.3) is 33.4 Å². The minimum atomic E-state index is 0.309. The van der Waals surface area contributed by atoms with Gasteiger partial charge in [-0.1, -0.05) is 65.3 Å². The molecular weight excluding hydrogens is 310 g/mol. The van der Waals surface area contributed by atoms with Crippen LogP contribution in [0.1, 0.15) is 0 Å². The van der Waals surface area contributed by atoms with E-state index in [1.807, 2.05) is 54.6 Å². The highest BCUT2D eigenvalue weighted by molar-refractivity contribution is 6.33. The summed E-state index contributed by atoms with van der Waals surface area (Å²) in [7, 11) is 0. The molecule has 0 atom stereocenters. The van der Waals surface area contributed by atoms with E-state index in [1.54, 1.807) is 6.07 Å². The van der Waals surface area contributed by atoms with Crippen molar-refractivity contribution in [2.24, 2.45) is 0 Å². The fourth-order valence-corrected chi connectivity index (χ4v) is 3.00. The molecule has 0 fully saturated rings. The van der Waals surface area contributed by atoms with Gasteiger partial charge in [0.1, 0.15) is 5.15 Å². The number of para-hydroxylation sites is 1. The van der Waals surface area contributed by atoms with Gasteiger partial charge in [-0.25, -0.2) is 4.98 Å². The van der Waals surface area contributed by atoms with Gasteiger partial charge in [-0.3, -0.25) is 0 Å². The highest BCUT2D eigenvalue weighted by Crippen LogP contribution is 2.41. The Balaban J connectivity index is 2.15. The van der Waals surface area contributed by atoms with E-state index in [2.05, 4.69) is 10.1 Å². The van der Waals surface area contributed by atoms with Crippen molar-refractivity contribution < 1.29 is 4.52 Å². The van der Waals surface area contributed by atoms with Crippen molar-refractivity contribution in [1.29, 1.82) is 0 Å². The number of nitrogen functional groups attached to an aromatic ring is 1. The zero-order chi connectivity index (χ0) is 15.8. The number of halogens is 1. The monoisotopic (exact) mass is 321 g/mol. The van der Waals surface area contributed by atoms with Crippen LogP contribution in [0.2, 0.25) is 5.15 Å². The molecule has 112 valence electrons. The first-order chi connectivity index (χ1) is 11.2. The summed E-state index contributed by atoms with van der Waals surface area (Å²) in [5, 5.41) is 5.12. The van der Waals surface area contributed by atoms with Crippen LogP contribution in [-0.4, -0.2) is 10.1 Å². The van der Waals surface area contributed by atoms with Crippen molar-refractivity contribution in [3.63, 3.8) is 0 Å². The average molecular weight is 322 g/mol. The Bertz CT molecular complexity index is 996. The number of aromatic nitrogens is 2. The zero-order valence-corrected chi connectivity index (χ0v) is 12.8. The predicted octanol–water partition coefficient (Wildman–Crippen LogP) is 4.79. The Morgan fingerprint density at radius 2 is 1.65 bits per heavy atom. The van der Waals surface area contributed by atoms with Crippen LogP contribution < -0.4 is 5.73 Å². The third kappa shape index (κ3) is 2.33. The van der Waals surface area contributed by atoms with E-state index in [1.165, 1.54) is 0 Å². The number of rotatable bonds is 2. The van der Waals surface area contributed by atoms with Gasteiger partial charge in [0, 0.05) is 17.0 Å². The lowest BCUT2D eigenvalue weighted by Gasteiger charge is -2.12. The Morgan fingerprint density at radius 1 is 0.913 bits per heavy atom. The molecule has 23 heavy (non-hydrogen) atoms. The fourth-order valence-electron chi connectivity index (χ4n) is 2.72. The second-order valence-electron chi connectivity index (χ2n) is 5.15. The van der Waals surface area contributed by atoms with Crippen molar-refractivity contribution in [2.45, 2.75) is 0 Å². The first kappa shape index (κ1) is 13.8. The normalized spacial score (nSPS) is 11.0. The molecule has 2 heterocycles. The van der Waals surface area contributed by atoms with Crippen LogP contribution in [0.15, 0.2) is 65.2 Å². The van der Waals surface area contributed by atoms with E-state index in [-0.39, 0.29) is 0 Å². The molecule has 2 aromatic heterocycles. The van der Waals surface area contributed by atoms with Crippen LogP contribution in [0.4, 0.5) is 5.82 Å². The van der Waals surface area contributed by atoms with E-state index < -0.39 is 0 Å². The number of benzene rings is 2. The fraction of sp³-hybridized carbons (Fsp3) is 0. The van der Waals surface area contributed by atoms with Crippen molar-refractivity contribution in [2.75, 3.05) is 5.73 Å². The number of pyridine rings is 1. The van der Waals surface area contributed by atoms with Gasteiger partial charge in [0.25, 0.3) is 0 Å². The Hall–Kier alpha value is -2.85. The number of hydrogen-bond donors (Lipinski definition) is 1. The molecule has 2 aromatic carbocycles. The second kappa shape index (κ2) is 5.41. The molecule has 4 rings (SSSR count). The van der Waals surface area contributed by atoms with E-state index >= 15 is 0 Å². The molecular formula is C18H12ClN3O. The van der Waals surface area contributed by atoms with E-state index in [9.17, 15) is 0 Å². The molecule has 0 radical (unpaired) electrons.